The number of carbonyl (C=O) groups excluding carboxylic acids is 1. The number of aromatic nitrogens is 2. The van der Waals surface area contributed by atoms with Crippen molar-refractivity contribution in [3.63, 3.8) is 0 Å². The lowest BCUT2D eigenvalue weighted by Gasteiger charge is -1.87. The van der Waals surface area contributed by atoms with E-state index in [9.17, 15) is 4.79 Å². The third-order valence-corrected chi connectivity index (χ3v) is 1.51. The molecule has 0 aliphatic rings. The number of oxime groups is 1. The molecule has 11 heavy (non-hydrogen) atoms. The van der Waals surface area contributed by atoms with Crippen molar-refractivity contribution >= 4 is 23.5 Å². The molecule has 1 aromatic heterocycles. The summed E-state index contributed by atoms with van der Waals surface area (Å²) >= 11 is 1.06. The first-order chi connectivity index (χ1) is 5.38. The number of nitrogens with zero attached hydrogens (tertiary/aromatic N) is 3. The van der Waals surface area contributed by atoms with Gasteiger partial charge in [0.25, 0.3) is 6.29 Å². The van der Waals surface area contributed by atoms with Gasteiger partial charge >= 0.3 is 0 Å². The Kier molecular flexibility index (Phi) is 2.67. The summed E-state index contributed by atoms with van der Waals surface area (Å²) in [6.07, 6.45) is 2.92. The van der Waals surface area contributed by atoms with E-state index < -0.39 is 0 Å². The Hall–Kier alpha value is -1.30. The summed E-state index contributed by atoms with van der Waals surface area (Å²) in [6, 6.07) is 0. The second-order valence-electron chi connectivity index (χ2n) is 1.47. The first-order valence-electron chi connectivity index (χ1n) is 2.65. The molecule has 0 bridgehead atoms. The molecule has 0 aromatic carbocycles. The van der Waals surface area contributed by atoms with E-state index in [0.29, 0.717) is 5.01 Å². The van der Waals surface area contributed by atoms with Gasteiger partial charge in [0.05, 0.1) is 0 Å². The largest absolute Gasteiger partial charge is 0.398 e. The highest BCUT2D eigenvalue weighted by atomic mass is 32.1. The van der Waals surface area contributed by atoms with Crippen LogP contribution in [0.15, 0.2) is 11.5 Å². The summed E-state index contributed by atoms with van der Waals surface area (Å²) in [5.74, 6) is 0. The Morgan fingerprint density at radius 2 is 2.73 bits per heavy atom. The van der Waals surface area contributed by atoms with Gasteiger partial charge in [0.15, 0.2) is 10.7 Å². The fourth-order valence-corrected chi connectivity index (χ4v) is 0.924. The Bertz CT molecular complexity index is 257. The molecule has 0 amide bonds. The van der Waals surface area contributed by atoms with Crippen LogP contribution in [0.25, 0.3) is 0 Å². The Balaban J connectivity index is 2.88. The molecule has 0 aliphatic carbocycles. The molecule has 6 heteroatoms. The Morgan fingerprint density at radius 1 is 1.91 bits per heavy atom. The van der Waals surface area contributed by atoms with Crippen LogP contribution in [0, 0.1) is 0 Å². The van der Waals surface area contributed by atoms with Crippen LogP contribution in [0.1, 0.15) is 5.01 Å². The summed E-state index contributed by atoms with van der Waals surface area (Å²) < 4.78 is 3.69. The molecule has 0 spiro atoms. The van der Waals surface area contributed by atoms with E-state index in [-0.39, 0.29) is 5.71 Å². The van der Waals surface area contributed by atoms with Gasteiger partial charge in [0.1, 0.15) is 13.4 Å². The SMILES string of the molecule is CON=C([C]=O)c1ncns1. The maximum atomic E-state index is 10.2. The lowest BCUT2D eigenvalue weighted by molar-refractivity contribution is 0.214. The fraction of sp³-hybridized carbons (Fsp3) is 0.200. The topological polar surface area (TPSA) is 64.4 Å². The molecule has 0 N–H and O–H groups in total. The smallest absolute Gasteiger partial charge is 0.260 e. The van der Waals surface area contributed by atoms with Crippen LogP contribution in [0.5, 0.6) is 0 Å². The molecule has 57 valence electrons. The lowest BCUT2D eigenvalue weighted by atomic mass is 10.4. The van der Waals surface area contributed by atoms with Gasteiger partial charge in [-0.1, -0.05) is 5.16 Å². The summed E-state index contributed by atoms with van der Waals surface area (Å²) in [4.78, 5) is 18.3. The van der Waals surface area contributed by atoms with Gasteiger partial charge in [0, 0.05) is 0 Å². The van der Waals surface area contributed by atoms with Gasteiger partial charge in [-0.15, -0.1) is 0 Å². The van der Waals surface area contributed by atoms with Crippen molar-refractivity contribution in [1.29, 1.82) is 0 Å². The van der Waals surface area contributed by atoms with E-state index in [0.717, 1.165) is 11.5 Å². The quantitative estimate of drug-likeness (QED) is 0.473. The van der Waals surface area contributed by atoms with Crippen LogP contribution in [-0.2, 0) is 9.63 Å². The molecule has 1 rings (SSSR count). The number of rotatable bonds is 3. The van der Waals surface area contributed by atoms with Gasteiger partial charge in [-0.3, -0.25) is 4.79 Å². The van der Waals surface area contributed by atoms with Crippen molar-refractivity contribution in [2.45, 2.75) is 0 Å². The van der Waals surface area contributed by atoms with Gasteiger partial charge in [-0.2, -0.15) is 4.37 Å². The second-order valence-corrected chi connectivity index (χ2v) is 2.25. The predicted molar refractivity (Wildman–Crippen MR) is 39.1 cm³/mol. The van der Waals surface area contributed by atoms with Crippen molar-refractivity contribution in [3.8, 4) is 0 Å². The molecule has 5 nitrogen and oxygen atoms in total. The summed E-state index contributed by atoms with van der Waals surface area (Å²) in [5, 5.41) is 3.79. The molecule has 0 unspecified atom stereocenters. The molecule has 0 fully saturated rings. The monoisotopic (exact) mass is 170 g/mol. The molecule has 0 aliphatic heterocycles. The third kappa shape index (κ3) is 1.81. The summed E-state index contributed by atoms with van der Waals surface area (Å²) in [5.41, 5.74) is 0.0370. The van der Waals surface area contributed by atoms with E-state index >= 15 is 0 Å². The minimum Gasteiger partial charge on any atom is -0.398 e. The molecule has 1 heterocycles. The normalized spacial score (nSPS) is 11.2. The van der Waals surface area contributed by atoms with Gasteiger partial charge in [0.2, 0.25) is 0 Å². The van der Waals surface area contributed by atoms with Crippen LogP contribution < -0.4 is 0 Å². The first-order valence-corrected chi connectivity index (χ1v) is 3.42. The standard InChI is InChI=1S/C5H4N3O2S/c1-10-8-4(2-9)5-6-3-7-11-5/h3H,1H3. The average molecular weight is 170 g/mol. The van der Waals surface area contributed by atoms with Crippen molar-refractivity contribution < 1.29 is 9.63 Å². The summed E-state index contributed by atoms with van der Waals surface area (Å²) in [6.45, 7) is 0. The van der Waals surface area contributed by atoms with Gasteiger partial charge < -0.3 is 4.84 Å². The van der Waals surface area contributed by atoms with Gasteiger partial charge in [-0.05, 0) is 11.5 Å². The zero-order valence-electron chi connectivity index (χ0n) is 5.64. The number of hydrogen-bond acceptors (Lipinski definition) is 6. The average Bonchev–Trinajstić information content (AvgIpc) is 2.52. The van der Waals surface area contributed by atoms with Crippen LogP contribution in [0.4, 0.5) is 0 Å². The fourth-order valence-electron chi connectivity index (χ4n) is 0.470. The van der Waals surface area contributed by atoms with E-state index in [1.54, 1.807) is 6.29 Å². The highest BCUT2D eigenvalue weighted by molar-refractivity contribution is 7.08. The van der Waals surface area contributed by atoms with Crippen LogP contribution in [-0.4, -0.2) is 28.5 Å². The van der Waals surface area contributed by atoms with E-state index in [1.165, 1.54) is 13.4 Å². The third-order valence-electron chi connectivity index (χ3n) is 0.843. The van der Waals surface area contributed by atoms with Gasteiger partial charge in [-0.25, -0.2) is 4.98 Å². The van der Waals surface area contributed by atoms with Crippen LogP contribution in [0.3, 0.4) is 0 Å². The minimum atomic E-state index is 0.0370. The van der Waals surface area contributed by atoms with Crippen LogP contribution in [0.2, 0.25) is 0 Å². The van der Waals surface area contributed by atoms with Crippen molar-refractivity contribution in [2.24, 2.45) is 5.16 Å². The zero-order chi connectivity index (χ0) is 8.10. The van der Waals surface area contributed by atoms with Crippen molar-refractivity contribution in [2.75, 3.05) is 7.11 Å². The zero-order valence-corrected chi connectivity index (χ0v) is 6.46. The predicted octanol–water partition coefficient (Wildman–Crippen LogP) is -0.00170. The molecule has 0 saturated carbocycles. The molecular formula is C5H4N3O2S. The molecule has 0 atom stereocenters. The minimum absolute atomic E-state index is 0.0370. The second kappa shape index (κ2) is 3.77. The highest BCUT2D eigenvalue weighted by Crippen LogP contribution is 2.00. The Morgan fingerprint density at radius 3 is 3.18 bits per heavy atom. The maximum absolute atomic E-state index is 10.2. The molecule has 1 radical (unpaired) electrons. The van der Waals surface area contributed by atoms with Crippen molar-refractivity contribution in [3.05, 3.63) is 11.3 Å². The lowest BCUT2D eigenvalue weighted by Crippen LogP contribution is -2.01. The van der Waals surface area contributed by atoms with E-state index in [1.807, 2.05) is 0 Å². The molecule has 1 aromatic rings. The number of hydrogen-bond donors (Lipinski definition) is 0. The molecular weight excluding hydrogens is 166 g/mol. The van der Waals surface area contributed by atoms with Crippen LogP contribution >= 0.6 is 11.5 Å². The molecule has 0 saturated heterocycles. The Labute approximate surface area is 66.9 Å². The maximum Gasteiger partial charge on any atom is 0.260 e. The summed E-state index contributed by atoms with van der Waals surface area (Å²) in [7, 11) is 1.35. The van der Waals surface area contributed by atoms with E-state index in [2.05, 4.69) is 19.4 Å². The first kappa shape index (κ1) is 7.80. The van der Waals surface area contributed by atoms with E-state index in [4.69, 9.17) is 0 Å². The highest BCUT2D eigenvalue weighted by Gasteiger charge is 2.06. The van der Waals surface area contributed by atoms with Crippen molar-refractivity contribution in [1.82, 2.24) is 9.36 Å².